The lowest BCUT2D eigenvalue weighted by Crippen LogP contribution is -2.40. The molecule has 1 saturated heterocycles. The Morgan fingerprint density at radius 2 is 1.82 bits per heavy atom. The number of halogens is 1. The van der Waals surface area contributed by atoms with Crippen molar-refractivity contribution in [3.8, 4) is 5.75 Å². The van der Waals surface area contributed by atoms with Gasteiger partial charge in [0.15, 0.2) is 0 Å². The van der Waals surface area contributed by atoms with Crippen molar-refractivity contribution in [2.75, 3.05) is 38.4 Å². The summed E-state index contributed by atoms with van der Waals surface area (Å²) in [5.41, 5.74) is 1.45. The average Bonchev–Trinajstić information content (AvgIpc) is 3.36. The van der Waals surface area contributed by atoms with Crippen LogP contribution in [0.4, 0.5) is 9.52 Å². The first-order chi connectivity index (χ1) is 18.3. The Kier molecular flexibility index (Phi) is 7.47. The van der Waals surface area contributed by atoms with E-state index >= 15 is 0 Å². The van der Waals surface area contributed by atoms with Crippen LogP contribution in [-0.2, 0) is 14.8 Å². The fraction of sp³-hybridized carbons (Fsp3) is 0.192. The Labute approximate surface area is 222 Å². The number of carbonyl (C=O) groups excluding carboxylic acids is 1. The maximum Gasteiger partial charge on any atom is 0.280 e. The number of ether oxygens (including phenoxy) is 2. The Morgan fingerprint density at radius 3 is 2.50 bits per heavy atom. The molecule has 0 N–H and O–H groups in total. The lowest BCUT2D eigenvalue weighted by molar-refractivity contribution is 0.0730. The highest BCUT2D eigenvalue weighted by Gasteiger charge is 2.27. The van der Waals surface area contributed by atoms with E-state index in [2.05, 4.69) is 10.1 Å². The summed E-state index contributed by atoms with van der Waals surface area (Å²) in [4.78, 5) is 18.1. The largest absolute Gasteiger partial charge is 0.497 e. The zero-order chi connectivity index (χ0) is 26.7. The number of rotatable bonds is 7. The molecule has 0 saturated carbocycles. The van der Waals surface area contributed by atoms with Gasteiger partial charge in [-0.1, -0.05) is 11.3 Å². The van der Waals surface area contributed by atoms with Crippen LogP contribution in [0, 0.1) is 5.82 Å². The topological polar surface area (TPSA) is 101 Å². The van der Waals surface area contributed by atoms with E-state index in [9.17, 15) is 17.6 Å². The van der Waals surface area contributed by atoms with Gasteiger partial charge in [-0.2, -0.15) is 14.4 Å². The number of methoxy groups -OCH3 is 1. The molecule has 1 aliphatic rings. The van der Waals surface area contributed by atoms with Crippen LogP contribution in [0.1, 0.15) is 15.9 Å². The highest BCUT2D eigenvalue weighted by atomic mass is 32.2. The number of hydrazone groups is 1. The molecule has 0 spiro atoms. The third-order valence-electron chi connectivity index (χ3n) is 5.86. The molecule has 9 nitrogen and oxygen atoms in total. The normalized spacial score (nSPS) is 14.7. The van der Waals surface area contributed by atoms with E-state index < -0.39 is 21.7 Å². The van der Waals surface area contributed by atoms with Crippen LogP contribution in [0.3, 0.4) is 0 Å². The zero-order valence-electron chi connectivity index (χ0n) is 20.3. The number of carbonyl (C=O) groups is 1. The van der Waals surface area contributed by atoms with Crippen molar-refractivity contribution in [2.45, 2.75) is 4.90 Å². The number of amides is 1. The van der Waals surface area contributed by atoms with Crippen LogP contribution in [0.2, 0.25) is 0 Å². The van der Waals surface area contributed by atoms with E-state index in [0.717, 1.165) is 16.3 Å². The molecule has 1 aromatic heterocycles. The van der Waals surface area contributed by atoms with Gasteiger partial charge in [-0.3, -0.25) is 4.79 Å². The molecule has 5 rings (SSSR count). The minimum atomic E-state index is -3.71. The van der Waals surface area contributed by atoms with Crippen LogP contribution in [0.5, 0.6) is 5.75 Å². The molecular formula is C26H23FN4O5S2. The summed E-state index contributed by atoms with van der Waals surface area (Å²) in [5.74, 6) is -0.260. The zero-order valence-corrected chi connectivity index (χ0v) is 21.9. The summed E-state index contributed by atoms with van der Waals surface area (Å²) in [6, 6.07) is 17.0. The SMILES string of the molecule is COc1ccc(/C=N/N(C(=O)c2ccc(S(=O)(=O)N3CCOCC3)cc2)c2nc3ccc(F)cc3s2)cc1. The summed E-state index contributed by atoms with van der Waals surface area (Å²) < 4.78 is 52.0. The molecule has 0 atom stereocenters. The van der Waals surface area contributed by atoms with Crippen molar-refractivity contribution in [3.05, 3.63) is 83.7 Å². The van der Waals surface area contributed by atoms with Crippen LogP contribution < -0.4 is 9.75 Å². The molecule has 196 valence electrons. The number of anilines is 1. The molecule has 1 amide bonds. The Morgan fingerprint density at radius 1 is 1.11 bits per heavy atom. The number of aromatic nitrogens is 1. The molecule has 1 fully saturated rings. The van der Waals surface area contributed by atoms with Crippen molar-refractivity contribution >= 4 is 48.8 Å². The first-order valence-electron chi connectivity index (χ1n) is 11.6. The van der Waals surface area contributed by atoms with Gasteiger partial charge in [0.05, 0.1) is 41.7 Å². The fourth-order valence-electron chi connectivity index (χ4n) is 3.81. The number of thiazole rings is 1. The predicted molar refractivity (Wildman–Crippen MR) is 143 cm³/mol. The molecule has 0 unspecified atom stereocenters. The molecule has 0 bridgehead atoms. The molecular weight excluding hydrogens is 531 g/mol. The summed E-state index contributed by atoms with van der Waals surface area (Å²) in [6.07, 6.45) is 1.50. The predicted octanol–water partition coefficient (Wildman–Crippen LogP) is 4.15. The van der Waals surface area contributed by atoms with Crippen molar-refractivity contribution in [3.63, 3.8) is 0 Å². The van der Waals surface area contributed by atoms with Gasteiger partial charge in [0.2, 0.25) is 15.2 Å². The highest BCUT2D eigenvalue weighted by Crippen LogP contribution is 2.31. The number of hydrogen-bond acceptors (Lipinski definition) is 8. The average molecular weight is 555 g/mol. The summed E-state index contributed by atoms with van der Waals surface area (Å²) in [6.45, 7) is 1.22. The number of nitrogens with zero attached hydrogens (tertiary/aromatic N) is 4. The third-order valence-corrected chi connectivity index (χ3v) is 8.77. The lowest BCUT2D eigenvalue weighted by atomic mass is 10.2. The van der Waals surface area contributed by atoms with Gasteiger partial charge in [0.1, 0.15) is 11.6 Å². The summed E-state index contributed by atoms with van der Waals surface area (Å²) in [5, 5.41) is 5.75. The van der Waals surface area contributed by atoms with Gasteiger partial charge in [-0.05, 0) is 72.3 Å². The standard InChI is InChI=1S/C26H23FN4O5S2/c1-35-21-7-2-18(3-8-21)17-28-31(26-29-23-11-6-20(27)16-24(23)37-26)25(32)19-4-9-22(10-5-19)38(33,34)30-12-14-36-15-13-30/h2-11,16-17H,12-15H2,1H3/b28-17+. The maximum absolute atomic E-state index is 13.8. The first kappa shape index (κ1) is 25.9. The van der Waals surface area contributed by atoms with Gasteiger partial charge in [0, 0.05) is 18.7 Å². The van der Waals surface area contributed by atoms with E-state index in [-0.39, 0.29) is 28.7 Å². The second-order valence-electron chi connectivity index (χ2n) is 8.28. The van der Waals surface area contributed by atoms with Gasteiger partial charge < -0.3 is 9.47 Å². The maximum atomic E-state index is 13.8. The van der Waals surface area contributed by atoms with E-state index in [1.165, 1.54) is 53.0 Å². The molecule has 0 radical (unpaired) electrons. The fourth-order valence-corrected chi connectivity index (χ4v) is 6.16. The van der Waals surface area contributed by atoms with Gasteiger partial charge in [0.25, 0.3) is 5.91 Å². The van der Waals surface area contributed by atoms with E-state index in [1.807, 2.05) is 0 Å². The van der Waals surface area contributed by atoms with Crippen LogP contribution in [-0.4, -0.2) is 63.2 Å². The van der Waals surface area contributed by atoms with Crippen molar-refractivity contribution in [1.82, 2.24) is 9.29 Å². The molecule has 38 heavy (non-hydrogen) atoms. The second-order valence-corrected chi connectivity index (χ2v) is 11.2. The molecule has 12 heteroatoms. The minimum absolute atomic E-state index is 0.0831. The number of sulfonamides is 1. The summed E-state index contributed by atoms with van der Waals surface area (Å²) in [7, 11) is -2.14. The number of benzene rings is 3. The highest BCUT2D eigenvalue weighted by molar-refractivity contribution is 7.89. The van der Waals surface area contributed by atoms with Crippen LogP contribution in [0.15, 0.2) is 76.7 Å². The quantitative estimate of drug-likeness (QED) is 0.251. The number of fused-ring (bicyclic) bond motifs is 1. The van der Waals surface area contributed by atoms with E-state index in [0.29, 0.717) is 34.7 Å². The molecule has 2 heterocycles. The second kappa shape index (κ2) is 11.0. The minimum Gasteiger partial charge on any atom is -0.497 e. The number of hydrogen-bond donors (Lipinski definition) is 0. The van der Waals surface area contributed by atoms with E-state index in [1.54, 1.807) is 31.4 Å². The Bertz CT molecular complexity index is 1580. The molecule has 1 aliphatic heterocycles. The van der Waals surface area contributed by atoms with E-state index in [4.69, 9.17) is 9.47 Å². The smallest absolute Gasteiger partial charge is 0.280 e. The van der Waals surface area contributed by atoms with Gasteiger partial charge >= 0.3 is 0 Å². The third kappa shape index (κ3) is 5.43. The first-order valence-corrected chi connectivity index (χ1v) is 13.9. The van der Waals surface area contributed by atoms with Crippen LogP contribution >= 0.6 is 11.3 Å². The lowest BCUT2D eigenvalue weighted by Gasteiger charge is -2.26. The van der Waals surface area contributed by atoms with Crippen molar-refractivity contribution in [1.29, 1.82) is 0 Å². The van der Waals surface area contributed by atoms with Gasteiger partial charge in [-0.25, -0.2) is 17.8 Å². The summed E-state index contributed by atoms with van der Waals surface area (Å²) >= 11 is 1.12. The molecule has 0 aliphatic carbocycles. The van der Waals surface area contributed by atoms with Crippen molar-refractivity contribution < 1.29 is 27.1 Å². The monoisotopic (exact) mass is 554 g/mol. The van der Waals surface area contributed by atoms with Gasteiger partial charge in [-0.15, -0.1) is 0 Å². The number of morpholine rings is 1. The van der Waals surface area contributed by atoms with Crippen molar-refractivity contribution in [2.24, 2.45) is 5.10 Å². The Hall–Kier alpha value is -3.71. The Balaban J connectivity index is 1.47. The molecule has 4 aromatic rings. The van der Waals surface area contributed by atoms with Crippen LogP contribution in [0.25, 0.3) is 10.2 Å². The molecule has 3 aromatic carbocycles.